The van der Waals surface area contributed by atoms with E-state index in [0.29, 0.717) is 12.8 Å². The summed E-state index contributed by atoms with van der Waals surface area (Å²) >= 11 is 0. The molecule has 0 bridgehead atoms. The molecule has 0 aromatic carbocycles. The number of hydrogen-bond donors (Lipinski definition) is 2. The molecule has 0 saturated carbocycles. The smallest absolute Gasteiger partial charge is 0.332 e. The van der Waals surface area contributed by atoms with Crippen molar-refractivity contribution in [1.29, 1.82) is 0 Å². The molecule has 1 aliphatic rings. The first-order chi connectivity index (χ1) is 9.47. The van der Waals surface area contributed by atoms with Crippen molar-refractivity contribution >= 4 is 11.9 Å². The van der Waals surface area contributed by atoms with Crippen LogP contribution in [0.3, 0.4) is 0 Å². The van der Waals surface area contributed by atoms with E-state index >= 15 is 0 Å². The number of rotatable bonds is 4. The number of aromatic nitrogens is 2. The van der Waals surface area contributed by atoms with Crippen LogP contribution in [0, 0.1) is 0 Å². The van der Waals surface area contributed by atoms with E-state index < -0.39 is 18.0 Å². The SMILES string of the molecule is Cn1nc(C(=O)NCC2CCC(C(=O)O)O2)ccc1=O. The zero-order valence-electron chi connectivity index (χ0n) is 10.9. The van der Waals surface area contributed by atoms with Gasteiger partial charge in [-0.05, 0) is 18.9 Å². The van der Waals surface area contributed by atoms with Crippen molar-refractivity contribution in [2.75, 3.05) is 6.54 Å². The maximum absolute atomic E-state index is 11.8. The Morgan fingerprint density at radius 2 is 2.25 bits per heavy atom. The van der Waals surface area contributed by atoms with E-state index in [1.807, 2.05) is 0 Å². The Morgan fingerprint density at radius 1 is 1.50 bits per heavy atom. The molecule has 2 N–H and O–H groups in total. The Bertz CT molecular complexity index is 583. The third-order valence-corrected chi connectivity index (χ3v) is 3.07. The highest BCUT2D eigenvalue weighted by atomic mass is 16.5. The molecule has 1 saturated heterocycles. The first-order valence-electron chi connectivity index (χ1n) is 6.18. The first-order valence-corrected chi connectivity index (χ1v) is 6.18. The minimum absolute atomic E-state index is 0.125. The second-order valence-electron chi connectivity index (χ2n) is 4.55. The molecule has 20 heavy (non-hydrogen) atoms. The number of aliphatic carboxylic acids is 1. The molecule has 1 aromatic heterocycles. The normalized spacial score (nSPS) is 21.6. The summed E-state index contributed by atoms with van der Waals surface area (Å²) in [5.74, 6) is -1.42. The number of carboxylic acids is 1. The summed E-state index contributed by atoms with van der Waals surface area (Å²) in [6.07, 6.45) is -0.0912. The number of carbonyl (C=O) groups excluding carboxylic acids is 1. The summed E-state index contributed by atoms with van der Waals surface area (Å²) in [5, 5.41) is 15.2. The van der Waals surface area contributed by atoms with E-state index in [9.17, 15) is 14.4 Å². The molecule has 1 amide bonds. The minimum atomic E-state index is -0.987. The molecule has 1 aliphatic heterocycles. The van der Waals surface area contributed by atoms with Crippen LogP contribution < -0.4 is 10.9 Å². The number of aryl methyl sites for hydroxylation is 1. The predicted molar refractivity (Wildman–Crippen MR) is 67.3 cm³/mol. The van der Waals surface area contributed by atoms with Gasteiger partial charge in [0.25, 0.3) is 11.5 Å². The Morgan fingerprint density at radius 3 is 2.85 bits per heavy atom. The van der Waals surface area contributed by atoms with E-state index in [4.69, 9.17) is 9.84 Å². The van der Waals surface area contributed by atoms with Gasteiger partial charge >= 0.3 is 5.97 Å². The molecule has 8 nitrogen and oxygen atoms in total. The molecule has 1 fully saturated rings. The summed E-state index contributed by atoms with van der Waals surface area (Å²) in [6, 6.07) is 2.60. The van der Waals surface area contributed by atoms with Crippen molar-refractivity contribution in [2.45, 2.75) is 25.0 Å². The van der Waals surface area contributed by atoms with E-state index in [-0.39, 0.29) is 23.9 Å². The topological polar surface area (TPSA) is 111 Å². The Balaban J connectivity index is 1.88. The zero-order valence-corrected chi connectivity index (χ0v) is 10.9. The molecule has 0 spiro atoms. The number of nitrogens with zero attached hydrogens (tertiary/aromatic N) is 2. The average Bonchev–Trinajstić information content (AvgIpc) is 2.88. The van der Waals surface area contributed by atoms with Gasteiger partial charge in [0.15, 0.2) is 6.10 Å². The molecule has 0 aliphatic carbocycles. The summed E-state index contributed by atoms with van der Waals surface area (Å²) in [5.41, 5.74) is -0.176. The number of carbonyl (C=O) groups is 2. The number of hydrogen-bond acceptors (Lipinski definition) is 5. The van der Waals surface area contributed by atoms with Gasteiger partial charge in [-0.3, -0.25) is 9.59 Å². The fraction of sp³-hybridized carbons (Fsp3) is 0.500. The van der Waals surface area contributed by atoms with Gasteiger partial charge in [-0.25, -0.2) is 9.48 Å². The van der Waals surface area contributed by atoms with E-state index in [0.717, 1.165) is 4.68 Å². The second kappa shape index (κ2) is 5.83. The largest absolute Gasteiger partial charge is 0.479 e. The number of carboxylic acid groups (broad SMARTS) is 1. The van der Waals surface area contributed by atoms with E-state index in [1.165, 1.54) is 19.2 Å². The highest BCUT2D eigenvalue weighted by Crippen LogP contribution is 2.19. The lowest BCUT2D eigenvalue weighted by molar-refractivity contribution is -0.149. The lowest BCUT2D eigenvalue weighted by Gasteiger charge is -2.12. The standard InChI is InChI=1S/C12H15N3O5/c1-15-10(16)5-3-8(14-15)11(17)13-6-7-2-4-9(20-7)12(18)19/h3,5,7,9H,2,4,6H2,1H3,(H,13,17)(H,18,19). The van der Waals surface area contributed by atoms with E-state index in [2.05, 4.69) is 10.4 Å². The molecule has 1 aromatic rings. The van der Waals surface area contributed by atoms with Crippen molar-refractivity contribution in [3.05, 3.63) is 28.2 Å². The van der Waals surface area contributed by atoms with Gasteiger partial charge in [-0.1, -0.05) is 0 Å². The molecule has 2 atom stereocenters. The fourth-order valence-electron chi connectivity index (χ4n) is 1.96. The summed E-state index contributed by atoms with van der Waals surface area (Å²) in [4.78, 5) is 33.7. The second-order valence-corrected chi connectivity index (χ2v) is 4.55. The van der Waals surface area contributed by atoms with Gasteiger partial charge in [-0.15, -0.1) is 0 Å². The molecule has 2 rings (SSSR count). The molecule has 2 unspecified atom stereocenters. The number of ether oxygens (including phenoxy) is 1. The van der Waals surface area contributed by atoms with Gasteiger partial charge in [0.05, 0.1) is 6.10 Å². The first kappa shape index (κ1) is 14.2. The Labute approximate surface area is 114 Å². The van der Waals surface area contributed by atoms with Crippen LogP contribution in [0.25, 0.3) is 0 Å². The maximum atomic E-state index is 11.8. The average molecular weight is 281 g/mol. The van der Waals surface area contributed by atoms with Crippen molar-refractivity contribution in [2.24, 2.45) is 7.05 Å². The maximum Gasteiger partial charge on any atom is 0.332 e. The quantitative estimate of drug-likeness (QED) is 0.743. The molecule has 2 heterocycles. The van der Waals surface area contributed by atoms with Gasteiger partial charge in [0.2, 0.25) is 0 Å². The lowest BCUT2D eigenvalue weighted by Crippen LogP contribution is -2.34. The molecular formula is C12H15N3O5. The van der Waals surface area contributed by atoms with Crippen LogP contribution in [-0.2, 0) is 16.6 Å². The van der Waals surface area contributed by atoms with Gasteiger partial charge in [0, 0.05) is 19.7 Å². The molecular weight excluding hydrogens is 266 g/mol. The Hall–Kier alpha value is -2.22. The van der Waals surface area contributed by atoms with Gasteiger partial charge in [0.1, 0.15) is 5.69 Å². The van der Waals surface area contributed by atoms with Crippen LogP contribution in [0.1, 0.15) is 23.3 Å². The van der Waals surface area contributed by atoms with Crippen LogP contribution in [-0.4, -0.2) is 45.5 Å². The van der Waals surface area contributed by atoms with E-state index in [1.54, 1.807) is 0 Å². The van der Waals surface area contributed by atoms with Crippen molar-refractivity contribution < 1.29 is 19.4 Å². The summed E-state index contributed by atoms with van der Waals surface area (Å²) in [7, 11) is 1.46. The molecule has 0 radical (unpaired) electrons. The van der Waals surface area contributed by atoms with Gasteiger partial charge < -0.3 is 15.2 Å². The predicted octanol–water partition coefficient (Wildman–Crippen LogP) is -0.858. The third kappa shape index (κ3) is 3.21. The number of nitrogens with one attached hydrogen (secondary N) is 1. The van der Waals surface area contributed by atoms with Crippen LogP contribution in [0.2, 0.25) is 0 Å². The van der Waals surface area contributed by atoms with Crippen molar-refractivity contribution in [1.82, 2.24) is 15.1 Å². The number of amides is 1. The van der Waals surface area contributed by atoms with Crippen molar-refractivity contribution in [3.8, 4) is 0 Å². The molecule has 8 heteroatoms. The third-order valence-electron chi connectivity index (χ3n) is 3.07. The lowest BCUT2D eigenvalue weighted by atomic mass is 10.2. The van der Waals surface area contributed by atoms with Crippen LogP contribution >= 0.6 is 0 Å². The molecule has 108 valence electrons. The van der Waals surface area contributed by atoms with Crippen LogP contribution in [0.15, 0.2) is 16.9 Å². The summed E-state index contributed by atoms with van der Waals surface area (Å²) < 4.78 is 6.33. The van der Waals surface area contributed by atoms with Crippen molar-refractivity contribution in [3.63, 3.8) is 0 Å². The van der Waals surface area contributed by atoms with Crippen LogP contribution in [0.5, 0.6) is 0 Å². The highest BCUT2D eigenvalue weighted by molar-refractivity contribution is 5.92. The monoisotopic (exact) mass is 281 g/mol. The zero-order chi connectivity index (χ0) is 14.7. The fourth-order valence-corrected chi connectivity index (χ4v) is 1.96. The Kier molecular flexibility index (Phi) is 4.14. The summed E-state index contributed by atoms with van der Waals surface area (Å²) in [6.45, 7) is 0.215. The minimum Gasteiger partial charge on any atom is -0.479 e. The van der Waals surface area contributed by atoms with Gasteiger partial charge in [-0.2, -0.15) is 5.10 Å². The highest BCUT2D eigenvalue weighted by Gasteiger charge is 2.30. The van der Waals surface area contributed by atoms with Crippen LogP contribution in [0.4, 0.5) is 0 Å².